The normalized spacial score (nSPS) is 14.3. The van der Waals surface area contributed by atoms with E-state index in [0.717, 1.165) is 42.1 Å². The quantitative estimate of drug-likeness (QED) is 0.858. The maximum Gasteiger partial charge on any atom is 0.426 e. The van der Waals surface area contributed by atoms with Crippen molar-refractivity contribution in [3.63, 3.8) is 0 Å². The summed E-state index contributed by atoms with van der Waals surface area (Å²) in [5, 5.41) is 0.650. The molecule has 1 aliphatic heterocycles. The van der Waals surface area contributed by atoms with Crippen molar-refractivity contribution < 1.29 is 14.3 Å². The van der Waals surface area contributed by atoms with Crippen molar-refractivity contribution in [2.45, 2.75) is 20.3 Å². The number of nitrogens with one attached hydrogen (secondary N) is 1. The van der Waals surface area contributed by atoms with Crippen LogP contribution in [0.1, 0.15) is 19.4 Å². The third kappa shape index (κ3) is 3.66. The number of ether oxygens (including phenoxy) is 2. The van der Waals surface area contributed by atoms with E-state index in [1.165, 1.54) is 0 Å². The SMILES string of the molecule is CCOC(=O)Nn1c(-c2ccccc2)c(Cl)c(CC)c1N1CCOCC1. The molecule has 0 bridgehead atoms. The van der Waals surface area contributed by atoms with Gasteiger partial charge < -0.3 is 14.4 Å². The van der Waals surface area contributed by atoms with Gasteiger partial charge in [0.25, 0.3) is 0 Å². The number of hydrogen-bond acceptors (Lipinski definition) is 4. The molecule has 1 aliphatic rings. The first kappa shape index (κ1) is 18.6. The fraction of sp³-hybridized carbons (Fsp3) is 0.421. The molecule has 0 aliphatic carbocycles. The smallest absolute Gasteiger partial charge is 0.426 e. The molecule has 0 radical (unpaired) electrons. The lowest BCUT2D eigenvalue weighted by Crippen LogP contribution is -2.39. The van der Waals surface area contributed by atoms with Gasteiger partial charge in [-0.05, 0) is 13.3 Å². The number of carbonyl (C=O) groups is 1. The molecule has 26 heavy (non-hydrogen) atoms. The van der Waals surface area contributed by atoms with Crippen LogP contribution < -0.4 is 10.3 Å². The lowest BCUT2D eigenvalue weighted by molar-refractivity contribution is 0.122. The van der Waals surface area contributed by atoms with E-state index in [-0.39, 0.29) is 0 Å². The standard InChI is InChI=1S/C19H24ClN3O3/c1-3-15-16(20)17(14-8-6-5-7-9-14)23(21-19(24)26-4-2)18(15)22-10-12-25-13-11-22/h5-9H,3-4,10-13H2,1-2H3,(H,21,24). The van der Waals surface area contributed by atoms with Crippen molar-refractivity contribution >= 4 is 23.5 Å². The molecule has 1 N–H and O–H groups in total. The van der Waals surface area contributed by atoms with Crippen LogP contribution in [0.4, 0.5) is 10.6 Å². The van der Waals surface area contributed by atoms with E-state index in [1.54, 1.807) is 11.6 Å². The molecule has 3 rings (SSSR count). The van der Waals surface area contributed by atoms with Gasteiger partial charge in [-0.3, -0.25) is 0 Å². The summed E-state index contributed by atoms with van der Waals surface area (Å²) in [4.78, 5) is 14.4. The van der Waals surface area contributed by atoms with E-state index in [2.05, 4.69) is 17.2 Å². The Balaban J connectivity index is 2.15. The van der Waals surface area contributed by atoms with Crippen LogP contribution in [0.15, 0.2) is 30.3 Å². The molecule has 1 aromatic heterocycles. The summed E-state index contributed by atoms with van der Waals surface area (Å²) in [6.45, 7) is 6.92. The fourth-order valence-corrected chi connectivity index (χ4v) is 3.63. The maximum atomic E-state index is 12.2. The first-order chi connectivity index (χ1) is 12.7. The highest BCUT2D eigenvalue weighted by atomic mass is 35.5. The van der Waals surface area contributed by atoms with Gasteiger partial charge in [-0.15, -0.1) is 0 Å². The molecule has 0 atom stereocenters. The lowest BCUT2D eigenvalue weighted by Gasteiger charge is -2.31. The van der Waals surface area contributed by atoms with Crippen LogP contribution in [0, 0.1) is 0 Å². The van der Waals surface area contributed by atoms with Gasteiger partial charge in [-0.2, -0.15) is 0 Å². The molecule has 2 heterocycles. The van der Waals surface area contributed by atoms with Crippen molar-refractivity contribution in [1.82, 2.24) is 4.68 Å². The number of anilines is 1. The third-order valence-corrected chi connectivity index (χ3v) is 4.78. The minimum absolute atomic E-state index is 0.301. The van der Waals surface area contributed by atoms with Gasteiger partial charge >= 0.3 is 6.09 Å². The van der Waals surface area contributed by atoms with E-state index < -0.39 is 6.09 Å². The Morgan fingerprint density at radius 2 is 1.92 bits per heavy atom. The van der Waals surface area contributed by atoms with Crippen molar-refractivity contribution in [3.05, 3.63) is 40.9 Å². The minimum atomic E-state index is -0.506. The van der Waals surface area contributed by atoms with Gasteiger partial charge in [-0.1, -0.05) is 48.9 Å². The van der Waals surface area contributed by atoms with Gasteiger partial charge in [0.15, 0.2) is 0 Å². The molecule has 1 fully saturated rings. The fourth-order valence-electron chi connectivity index (χ4n) is 3.22. The number of benzene rings is 1. The lowest BCUT2D eigenvalue weighted by atomic mass is 10.1. The summed E-state index contributed by atoms with van der Waals surface area (Å²) in [7, 11) is 0. The average Bonchev–Trinajstić information content (AvgIpc) is 2.94. The monoisotopic (exact) mass is 377 g/mol. The molecular formula is C19H24ClN3O3. The zero-order valence-corrected chi connectivity index (χ0v) is 15.9. The largest absolute Gasteiger partial charge is 0.449 e. The van der Waals surface area contributed by atoms with Gasteiger partial charge in [0.05, 0.1) is 30.5 Å². The summed E-state index contributed by atoms with van der Waals surface area (Å²) in [5.74, 6) is 0.896. The van der Waals surface area contributed by atoms with E-state index >= 15 is 0 Å². The second kappa shape index (κ2) is 8.47. The van der Waals surface area contributed by atoms with Crippen molar-refractivity contribution in [2.75, 3.05) is 43.2 Å². The van der Waals surface area contributed by atoms with Crippen molar-refractivity contribution in [1.29, 1.82) is 0 Å². The molecule has 2 aromatic rings. The highest BCUT2D eigenvalue weighted by Gasteiger charge is 2.28. The highest BCUT2D eigenvalue weighted by Crippen LogP contribution is 2.40. The number of nitrogens with zero attached hydrogens (tertiary/aromatic N) is 2. The van der Waals surface area contributed by atoms with Crippen LogP contribution in [0.25, 0.3) is 11.3 Å². The molecule has 0 unspecified atom stereocenters. The van der Waals surface area contributed by atoms with E-state index in [1.807, 2.05) is 30.3 Å². The first-order valence-corrected chi connectivity index (χ1v) is 9.30. The van der Waals surface area contributed by atoms with Crippen molar-refractivity contribution in [2.24, 2.45) is 0 Å². The second-order valence-corrected chi connectivity index (χ2v) is 6.33. The van der Waals surface area contributed by atoms with E-state index in [9.17, 15) is 4.79 Å². The summed E-state index contributed by atoms with van der Waals surface area (Å²) >= 11 is 6.78. The van der Waals surface area contributed by atoms with Crippen LogP contribution in [-0.4, -0.2) is 43.7 Å². The van der Waals surface area contributed by atoms with Crippen molar-refractivity contribution in [3.8, 4) is 11.3 Å². The molecule has 1 aromatic carbocycles. The number of amides is 1. The van der Waals surface area contributed by atoms with Gasteiger partial charge in [0, 0.05) is 24.2 Å². The molecule has 1 saturated heterocycles. The topological polar surface area (TPSA) is 55.7 Å². The second-order valence-electron chi connectivity index (χ2n) is 5.95. The zero-order valence-electron chi connectivity index (χ0n) is 15.1. The Labute approximate surface area is 158 Å². The number of carbonyl (C=O) groups excluding carboxylic acids is 1. The number of halogens is 1. The van der Waals surface area contributed by atoms with E-state index in [4.69, 9.17) is 21.1 Å². The first-order valence-electron chi connectivity index (χ1n) is 8.92. The highest BCUT2D eigenvalue weighted by molar-refractivity contribution is 6.34. The van der Waals surface area contributed by atoms with Gasteiger partial charge in [-0.25, -0.2) is 14.9 Å². The Hall–Kier alpha value is -2.18. The third-order valence-electron chi connectivity index (χ3n) is 4.37. The molecule has 1 amide bonds. The Morgan fingerprint density at radius 3 is 2.54 bits per heavy atom. The maximum absolute atomic E-state index is 12.2. The van der Waals surface area contributed by atoms with Gasteiger partial charge in [0.1, 0.15) is 5.82 Å². The van der Waals surface area contributed by atoms with Crippen LogP contribution in [-0.2, 0) is 15.9 Å². The Bertz CT molecular complexity index is 755. The average molecular weight is 378 g/mol. The van der Waals surface area contributed by atoms with Crippen LogP contribution in [0.2, 0.25) is 5.02 Å². The summed E-state index contributed by atoms with van der Waals surface area (Å²) < 4.78 is 12.3. The summed E-state index contributed by atoms with van der Waals surface area (Å²) in [5.41, 5.74) is 5.56. The number of hydrogen-bond donors (Lipinski definition) is 1. The van der Waals surface area contributed by atoms with Crippen LogP contribution >= 0.6 is 11.6 Å². The Kier molecular flexibility index (Phi) is 6.06. The Morgan fingerprint density at radius 1 is 1.23 bits per heavy atom. The molecule has 140 valence electrons. The molecule has 6 nitrogen and oxygen atoms in total. The summed E-state index contributed by atoms with van der Waals surface area (Å²) in [6, 6.07) is 9.81. The number of rotatable bonds is 5. The predicted molar refractivity (Wildman–Crippen MR) is 104 cm³/mol. The molecule has 0 saturated carbocycles. The molecular weight excluding hydrogens is 354 g/mol. The molecule has 0 spiro atoms. The van der Waals surface area contributed by atoms with Gasteiger partial charge in [0.2, 0.25) is 0 Å². The summed E-state index contributed by atoms with van der Waals surface area (Å²) in [6.07, 6.45) is 0.247. The minimum Gasteiger partial charge on any atom is -0.449 e. The van der Waals surface area contributed by atoms with Crippen LogP contribution in [0.5, 0.6) is 0 Å². The van der Waals surface area contributed by atoms with E-state index in [0.29, 0.717) is 24.8 Å². The number of aromatic nitrogens is 1. The predicted octanol–water partition coefficient (Wildman–Crippen LogP) is 3.91. The molecule has 7 heteroatoms. The zero-order chi connectivity index (χ0) is 18.5. The van der Waals surface area contributed by atoms with Crippen LogP contribution in [0.3, 0.4) is 0 Å². The number of morpholine rings is 1.